The third-order valence-corrected chi connectivity index (χ3v) is 8.91. The van der Waals surface area contributed by atoms with Crippen LogP contribution in [-0.2, 0) is 0 Å². The molecule has 1 aliphatic heterocycles. The fourth-order valence-corrected chi connectivity index (χ4v) is 7.20. The van der Waals surface area contributed by atoms with Crippen LogP contribution in [0.25, 0.3) is 66.5 Å². The van der Waals surface area contributed by atoms with Crippen LogP contribution in [0.15, 0.2) is 118 Å². The van der Waals surface area contributed by atoms with Crippen molar-refractivity contribution in [2.75, 3.05) is 5.32 Å². The van der Waals surface area contributed by atoms with Crippen LogP contribution in [0, 0.1) is 0 Å². The molecule has 188 valence electrons. The largest absolute Gasteiger partial charge is 0.459 e. The van der Waals surface area contributed by atoms with Gasteiger partial charge in [-0.1, -0.05) is 66.7 Å². The fraction of sp³-hybridized carbons (Fsp3) is 0.0556. The van der Waals surface area contributed by atoms with Crippen molar-refractivity contribution in [1.82, 2.24) is 4.57 Å². The molecule has 0 amide bonds. The first-order valence-corrected chi connectivity index (χ1v) is 13.8. The van der Waals surface area contributed by atoms with Crippen LogP contribution >= 0.6 is 0 Å². The zero-order valence-electron chi connectivity index (χ0n) is 21.4. The molecule has 1 N–H and O–H groups in total. The molecule has 0 spiro atoms. The summed E-state index contributed by atoms with van der Waals surface area (Å²) in [6, 6.07) is 36.7. The molecule has 0 fully saturated rings. The second-order valence-electron chi connectivity index (χ2n) is 10.9. The van der Waals surface area contributed by atoms with Gasteiger partial charge in [0.2, 0.25) is 0 Å². The number of hydrogen-bond acceptors (Lipinski definition) is 3. The minimum atomic E-state index is 0.170. The third-order valence-electron chi connectivity index (χ3n) is 8.91. The molecule has 2 aliphatic rings. The first kappa shape index (κ1) is 20.7. The van der Waals surface area contributed by atoms with Gasteiger partial charge in [-0.3, -0.25) is 0 Å². The van der Waals surface area contributed by atoms with Crippen molar-refractivity contribution in [2.45, 2.75) is 12.0 Å². The lowest BCUT2D eigenvalue weighted by Crippen LogP contribution is -2.21. The SMILES string of the molecule is C1=CC2Nc3ccccc3C2c2oc3c(ccc4c3c3ccccc3n4-c3ccc4oc5ccccc5c4c3)c21. The highest BCUT2D eigenvalue weighted by atomic mass is 16.3. The van der Waals surface area contributed by atoms with Gasteiger partial charge in [0.1, 0.15) is 22.5 Å². The van der Waals surface area contributed by atoms with E-state index in [0.717, 1.165) is 55.4 Å². The van der Waals surface area contributed by atoms with Crippen molar-refractivity contribution in [3.8, 4) is 5.69 Å². The number of nitrogens with one attached hydrogen (secondary N) is 1. The molecule has 0 radical (unpaired) electrons. The summed E-state index contributed by atoms with van der Waals surface area (Å²) in [7, 11) is 0. The first-order valence-electron chi connectivity index (χ1n) is 13.8. The maximum Gasteiger partial charge on any atom is 0.144 e. The second-order valence-corrected chi connectivity index (χ2v) is 10.9. The van der Waals surface area contributed by atoms with Crippen LogP contribution in [0.2, 0.25) is 0 Å². The minimum absolute atomic E-state index is 0.170. The van der Waals surface area contributed by atoms with Gasteiger partial charge in [-0.25, -0.2) is 0 Å². The fourth-order valence-electron chi connectivity index (χ4n) is 7.20. The van der Waals surface area contributed by atoms with Gasteiger partial charge in [0.15, 0.2) is 0 Å². The Kier molecular flexibility index (Phi) is 3.75. The Labute approximate surface area is 228 Å². The Bertz CT molecular complexity index is 2380. The van der Waals surface area contributed by atoms with Crippen LogP contribution in [0.4, 0.5) is 5.69 Å². The van der Waals surface area contributed by atoms with E-state index in [2.05, 4.69) is 113 Å². The Morgan fingerprint density at radius 1 is 0.650 bits per heavy atom. The smallest absolute Gasteiger partial charge is 0.144 e. The number of furan rings is 2. The van der Waals surface area contributed by atoms with Crippen molar-refractivity contribution in [3.05, 3.63) is 126 Å². The van der Waals surface area contributed by atoms with Crippen molar-refractivity contribution in [1.29, 1.82) is 0 Å². The number of anilines is 1. The molecule has 3 aromatic heterocycles. The van der Waals surface area contributed by atoms with Crippen molar-refractivity contribution in [2.24, 2.45) is 0 Å². The zero-order valence-corrected chi connectivity index (χ0v) is 21.4. The van der Waals surface area contributed by atoms with E-state index in [1.54, 1.807) is 0 Å². The average Bonchev–Trinajstić information content (AvgIpc) is 3.74. The molecule has 40 heavy (non-hydrogen) atoms. The van der Waals surface area contributed by atoms with Crippen molar-refractivity contribution in [3.63, 3.8) is 0 Å². The van der Waals surface area contributed by atoms with E-state index in [-0.39, 0.29) is 12.0 Å². The Morgan fingerprint density at radius 3 is 2.45 bits per heavy atom. The summed E-state index contributed by atoms with van der Waals surface area (Å²) in [5, 5.41) is 9.45. The molecule has 2 unspecified atom stereocenters. The van der Waals surface area contributed by atoms with E-state index >= 15 is 0 Å². The van der Waals surface area contributed by atoms with Gasteiger partial charge < -0.3 is 18.7 Å². The van der Waals surface area contributed by atoms with Crippen molar-refractivity contribution < 1.29 is 8.83 Å². The van der Waals surface area contributed by atoms with Crippen LogP contribution in [0.3, 0.4) is 0 Å². The molecule has 0 bridgehead atoms. The molecule has 4 heteroatoms. The predicted molar refractivity (Wildman–Crippen MR) is 163 cm³/mol. The number of para-hydroxylation sites is 3. The van der Waals surface area contributed by atoms with E-state index in [4.69, 9.17) is 8.83 Å². The van der Waals surface area contributed by atoms with Gasteiger partial charge in [-0.2, -0.15) is 0 Å². The average molecular weight is 515 g/mol. The van der Waals surface area contributed by atoms with Gasteiger partial charge in [0.05, 0.1) is 28.4 Å². The predicted octanol–water partition coefficient (Wildman–Crippen LogP) is 9.38. The monoisotopic (exact) mass is 514 g/mol. The molecule has 10 rings (SSSR count). The topological polar surface area (TPSA) is 43.2 Å². The molecule has 1 aliphatic carbocycles. The summed E-state index contributed by atoms with van der Waals surface area (Å²) in [4.78, 5) is 0. The summed E-state index contributed by atoms with van der Waals surface area (Å²) in [6.07, 6.45) is 4.53. The maximum absolute atomic E-state index is 6.93. The summed E-state index contributed by atoms with van der Waals surface area (Å²) in [5.41, 5.74) is 9.87. The number of fused-ring (bicyclic) bond motifs is 14. The van der Waals surface area contributed by atoms with E-state index in [1.807, 2.05) is 12.1 Å². The highest BCUT2D eigenvalue weighted by molar-refractivity contribution is 6.21. The molecule has 2 atom stereocenters. The Balaban J connectivity index is 1.27. The van der Waals surface area contributed by atoms with E-state index in [0.29, 0.717) is 0 Å². The first-order chi connectivity index (χ1) is 19.8. The van der Waals surface area contributed by atoms with Crippen LogP contribution < -0.4 is 5.32 Å². The summed E-state index contributed by atoms with van der Waals surface area (Å²) in [6.45, 7) is 0. The Morgan fingerprint density at radius 2 is 1.48 bits per heavy atom. The quantitative estimate of drug-likeness (QED) is 0.237. The molecular weight excluding hydrogens is 492 g/mol. The molecule has 8 aromatic rings. The van der Waals surface area contributed by atoms with Gasteiger partial charge in [-0.05, 0) is 54.1 Å². The Hall–Kier alpha value is -5.22. The van der Waals surface area contributed by atoms with Crippen LogP contribution in [0.1, 0.15) is 22.8 Å². The van der Waals surface area contributed by atoms with Gasteiger partial charge in [-0.15, -0.1) is 0 Å². The normalized spacial score (nSPS) is 17.6. The highest BCUT2D eigenvalue weighted by Gasteiger charge is 2.38. The molecule has 0 saturated heterocycles. The van der Waals surface area contributed by atoms with E-state index < -0.39 is 0 Å². The van der Waals surface area contributed by atoms with Gasteiger partial charge in [0, 0.05) is 38.5 Å². The summed E-state index contributed by atoms with van der Waals surface area (Å²) < 4.78 is 15.4. The molecule has 5 aromatic carbocycles. The van der Waals surface area contributed by atoms with Gasteiger partial charge in [0.25, 0.3) is 0 Å². The van der Waals surface area contributed by atoms with E-state index in [9.17, 15) is 0 Å². The lowest BCUT2D eigenvalue weighted by atomic mass is 9.86. The van der Waals surface area contributed by atoms with Crippen LogP contribution in [-0.4, -0.2) is 10.6 Å². The molecular formula is C36H22N2O2. The van der Waals surface area contributed by atoms with Gasteiger partial charge >= 0.3 is 0 Å². The standard InChI is InChI=1S/C36H22N2O2/c1-4-10-27-24(8-1)33-28(37-27)16-14-22-23-15-17-30-34(36(23)40-35(22)33)25-9-2-5-11-29(25)38(30)20-13-18-32-26(19-20)21-7-3-6-12-31(21)39-32/h1-19,28,33,37H. The maximum atomic E-state index is 6.93. The summed E-state index contributed by atoms with van der Waals surface area (Å²) in [5.74, 6) is 1.22. The summed E-state index contributed by atoms with van der Waals surface area (Å²) >= 11 is 0. The number of nitrogens with zero attached hydrogens (tertiary/aromatic N) is 1. The van der Waals surface area contributed by atoms with Crippen LogP contribution in [0.5, 0.6) is 0 Å². The number of benzene rings is 5. The molecule has 4 heterocycles. The van der Waals surface area contributed by atoms with Crippen molar-refractivity contribution >= 4 is 66.5 Å². The number of rotatable bonds is 1. The highest BCUT2D eigenvalue weighted by Crippen LogP contribution is 2.49. The second kappa shape index (κ2) is 7.25. The van der Waals surface area contributed by atoms with E-state index in [1.165, 1.54) is 27.6 Å². The lowest BCUT2D eigenvalue weighted by Gasteiger charge is -2.19. The number of aromatic nitrogens is 1. The zero-order chi connectivity index (χ0) is 25.9. The third kappa shape index (κ3) is 2.51. The number of hydrogen-bond donors (Lipinski definition) is 1. The lowest BCUT2D eigenvalue weighted by molar-refractivity contribution is 0.514. The molecule has 0 saturated carbocycles. The minimum Gasteiger partial charge on any atom is -0.459 e. The molecule has 4 nitrogen and oxygen atoms in total.